The number of piperidine rings is 1. The number of nitrogens with two attached hydrogens (primary N) is 1. The van der Waals surface area contributed by atoms with Crippen molar-refractivity contribution in [1.29, 1.82) is 0 Å². The highest BCUT2D eigenvalue weighted by molar-refractivity contribution is 6.04. The Hall–Kier alpha value is -3.39. The SMILES string of the molecule is CC(C)(C)OC(=O)N1CCC(NCc2ccc(-c3cc4cc(F)cc(C(N)=O)c4o3)cc2)CC1. The number of furan rings is 1. The van der Waals surface area contributed by atoms with Crippen molar-refractivity contribution < 1.29 is 23.1 Å². The number of nitrogens with one attached hydrogen (secondary N) is 1. The van der Waals surface area contributed by atoms with Crippen LogP contribution in [0.5, 0.6) is 0 Å². The van der Waals surface area contributed by atoms with Gasteiger partial charge in [-0.2, -0.15) is 0 Å². The Kier molecular flexibility index (Phi) is 6.61. The molecule has 0 spiro atoms. The lowest BCUT2D eigenvalue weighted by Gasteiger charge is -2.33. The fourth-order valence-corrected chi connectivity index (χ4v) is 4.08. The summed E-state index contributed by atoms with van der Waals surface area (Å²) in [5, 5.41) is 4.05. The van der Waals surface area contributed by atoms with E-state index in [-0.39, 0.29) is 17.2 Å². The molecule has 0 unspecified atom stereocenters. The van der Waals surface area contributed by atoms with E-state index in [9.17, 15) is 14.0 Å². The number of carbonyl (C=O) groups is 2. The quantitative estimate of drug-likeness (QED) is 0.560. The van der Waals surface area contributed by atoms with E-state index in [4.69, 9.17) is 14.9 Å². The van der Waals surface area contributed by atoms with Gasteiger partial charge in [0.1, 0.15) is 22.8 Å². The van der Waals surface area contributed by atoms with Crippen molar-refractivity contribution in [2.45, 2.75) is 51.8 Å². The smallest absolute Gasteiger partial charge is 0.410 e. The monoisotopic (exact) mass is 467 g/mol. The Morgan fingerprint density at radius 3 is 2.44 bits per heavy atom. The van der Waals surface area contributed by atoms with Gasteiger partial charge in [0.05, 0.1) is 5.56 Å². The molecule has 0 aliphatic carbocycles. The second-order valence-corrected chi connectivity index (χ2v) is 9.67. The number of primary amides is 1. The molecule has 0 atom stereocenters. The third-order valence-corrected chi connectivity index (χ3v) is 5.83. The van der Waals surface area contributed by atoms with Crippen LogP contribution in [0.4, 0.5) is 9.18 Å². The van der Waals surface area contributed by atoms with Gasteiger partial charge < -0.3 is 25.1 Å². The molecule has 1 aliphatic heterocycles. The van der Waals surface area contributed by atoms with E-state index < -0.39 is 17.3 Å². The highest BCUT2D eigenvalue weighted by Crippen LogP contribution is 2.31. The molecule has 0 radical (unpaired) electrons. The van der Waals surface area contributed by atoms with Crippen molar-refractivity contribution in [3.8, 4) is 11.3 Å². The second kappa shape index (κ2) is 9.46. The number of carbonyl (C=O) groups excluding carboxylic acids is 2. The number of amides is 2. The Labute approximate surface area is 198 Å². The molecule has 4 rings (SSSR count). The van der Waals surface area contributed by atoms with Gasteiger partial charge in [0, 0.05) is 36.6 Å². The Bertz CT molecular complexity index is 1190. The van der Waals surface area contributed by atoms with E-state index in [1.165, 1.54) is 6.07 Å². The van der Waals surface area contributed by atoms with Crippen molar-refractivity contribution in [2.24, 2.45) is 5.73 Å². The number of likely N-dealkylation sites (tertiary alicyclic amines) is 1. The van der Waals surface area contributed by atoms with Crippen molar-refractivity contribution in [3.05, 3.63) is 59.4 Å². The van der Waals surface area contributed by atoms with Gasteiger partial charge in [-0.15, -0.1) is 0 Å². The molecule has 1 aliphatic rings. The predicted molar refractivity (Wildman–Crippen MR) is 128 cm³/mol. The highest BCUT2D eigenvalue weighted by Gasteiger charge is 2.26. The number of hydrogen-bond donors (Lipinski definition) is 2. The van der Waals surface area contributed by atoms with Crippen LogP contribution >= 0.6 is 0 Å². The summed E-state index contributed by atoms with van der Waals surface area (Å²) in [5.41, 5.74) is 7.12. The van der Waals surface area contributed by atoms with Gasteiger partial charge in [0.15, 0.2) is 0 Å². The number of rotatable bonds is 5. The number of ether oxygens (including phenoxy) is 1. The average molecular weight is 468 g/mol. The Morgan fingerprint density at radius 1 is 1.15 bits per heavy atom. The van der Waals surface area contributed by atoms with Gasteiger partial charge in [-0.3, -0.25) is 4.79 Å². The molecular formula is C26H30FN3O4. The Morgan fingerprint density at radius 2 is 1.82 bits per heavy atom. The van der Waals surface area contributed by atoms with Crippen LogP contribution in [0.15, 0.2) is 46.9 Å². The van der Waals surface area contributed by atoms with E-state index in [0.717, 1.165) is 30.0 Å². The van der Waals surface area contributed by atoms with E-state index in [0.29, 0.717) is 36.8 Å². The zero-order valence-corrected chi connectivity index (χ0v) is 19.7. The van der Waals surface area contributed by atoms with Gasteiger partial charge >= 0.3 is 6.09 Å². The van der Waals surface area contributed by atoms with Gasteiger partial charge in [-0.05, 0) is 57.4 Å². The standard InChI is InChI=1S/C26H30FN3O4/c1-26(2,3)34-25(32)30-10-8-20(9-11-30)29-15-16-4-6-17(7-5-16)22-13-18-12-19(27)14-21(24(28)31)23(18)33-22/h4-7,12-14,20,29H,8-11,15H2,1-3H3,(H2,28,31). The lowest BCUT2D eigenvalue weighted by atomic mass is 10.0. The summed E-state index contributed by atoms with van der Waals surface area (Å²) < 4.78 is 25.1. The molecule has 0 bridgehead atoms. The first-order valence-corrected chi connectivity index (χ1v) is 11.4. The van der Waals surface area contributed by atoms with E-state index in [2.05, 4.69) is 5.32 Å². The summed E-state index contributed by atoms with van der Waals surface area (Å²) >= 11 is 0. The van der Waals surface area contributed by atoms with E-state index in [1.54, 1.807) is 11.0 Å². The van der Waals surface area contributed by atoms with Crippen LogP contribution in [0.3, 0.4) is 0 Å². The minimum absolute atomic E-state index is 0.0276. The zero-order chi connectivity index (χ0) is 24.5. The number of nitrogens with zero attached hydrogens (tertiary/aromatic N) is 1. The van der Waals surface area contributed by atoms with Crippen LogP contribution in [-0.4, -0.2) is 41.6 Å². The average Bonchev–Trinajstić information content (AvgIpc) is 3.20. The molecule has 8 heteroatoms. The van der Waals surface area contributed by atoms with E-state index in [1.807, 2.05) is 45.0 Å². The summed E-state index contributed by atoms with van der Waals surface area (Å²) in [7, 11) is 0. The first-order valence-electron chi connectivity index (χ1n) is 11.4. The van der Waals surface area contributed by atoms with Crippen LogP contribution in [0.1, 0.15) is 49.5 Å². The summed E-state index contributed by atoms with van der Waals surface area (Å²) in [6.45, 7) is 7.66. The van der Waals surface area contributed by atoms with Crippen LogP contribution < -0.4 is 11.1 Å². The van der Waals surface area contributed by atoms with Crippen LogP contribution in [0.2, 0.25) is 0 Å². The minimum atomic E-state index is -0.733. The fourth-order valence-electron chi connectivity index (χ4n) is 4.08. The lowest BCUT2D eigenvalue weighted by Crippen LogP contribution is -2.46. The van der Waals surface area contributed by atoms with Crippen molar-refractivity contribution in [3.63, 3.8) is 0 Å². The van der Waals surface area contributed by atoms with E-state index >= 15 is 0 Å². The van der Waals surface area contributed by atoms with Gasteiger partial charge in [0.25, 0.3) is 5.91 Å². The molecule has 1 aromatic heterocycles. The van der Waals surface area contributed by atoms with Crippen molar-refractivity contribution in [2.75, 3.05) is 13.1 Å². The maximum atomic E-state index is 13.8. The largest absolute Gasteiger partial charge is 0.455 e. The normalized spacial score (nSPS) is 15.0. The minimum Gasteiger partial charge on any atom is -0.455 e. The van der Waals surface area contributed by atoms with Crippen LogP contribution in [0, 0.1) is 5.82 Å². The van der Waals surface area contributed by atoms with Gasteiger partial charge in [-0.25, -0.2) is 9.18 Å². The predicted octanol–water partition coefficient (Wildman–Crippen LogP) is 4.83. The maximum absolute atomic E-state index is 13.8. The summed E-state index contributed by atoms with van der Waals surface area (Å²) in [6.07, 6.45) is 1.49. The molecule has 3 N–H and O–H groups in total. The van der Waals surface area contributed by atoms with Crippen LogP contribution in [0.25, 0.3) is 22.3 Å². The van der Waals surface area contributed by atoms with Crippen molar-refractivity contribution >= 4 is 23.0 Å². The summed E-state index contributed by atoms with van der Waals surface area (Å²) in [5.74, 6) is -0.729. The second-order valence-electron chi connectivity index (χ2n) is 9.67. The topological polar surface area (TPSA) is 97.8 Å². The molecule has 180 valence electrons. The summed E-state index contributed by atoms with van der Waals surface area (Å²) in [6, 6.07) is 12.3. The molecule has 7 nitrogen and oxygen atoms in total. The molecule has 34 heavy (non-hydrogen) atoms. The number of benzene rings is 2. The van der Waals surface area contributed by atoms with Gasteiger partial charge in [-0.1, -0.05) is 24.3 Å². The fraction of sp³-hybridized carbons (Fsp3) is 0.385. The molecular weight excluding hydrogens is 437 g/mol. The molecule has 2 amide bonds. The lowest BCUT2D eigenvalue weighted by molar-refractivity contribution is 0.0198. The third-order valence-electron chi connectivity index (χ3n) is 5.83. The first kappa shape index (κ1) is 23.8. The maximum Gasteiger partial charge on any atom is 0.410 e. The molecule has 0 saturated carbocycles. The molecule has 1 saturated heterocycles. The first-order chi connectivity index (χ1) is 16.1. The highest BCUT2D eigenvalue weighted by atomic mass is 19.1. The number of hydrogen-bond acceptors (Lipinski definition) is 5. The Balaban J connectivity index is 1.34. The van der Waals surface area contributed by atoms with Crippen molar-refractivity contribution in [1.82, 2.24) is 10.2 Å². The molecule has 2 aromatic carbocycles. The molecule has 1 fully saturated rings. The number of fused-ring (bicyclic) bond motifs is 1. The molecule has 2 heterocycles. The third kappa shape index (κ3) is 5.56. The zero-order valence-electron chi connectivity index (χ0n) is 19.7. The summed E-state index contributed by atoms with van der Waals surface area (Å²) in [4.78, 5) is 25.6. The van der Waals surface area contributed by atoms with Gasteiger partial charge in [0.2, 0.25) is 0 Å². The molecule has 3 aromatic rings. The van der Waals surface area contributed by atoms with Crippen LogP contribution in [-0.2, 0) is 11.3 Å². The number of halogens is 1.